The summed E-state index contributed by atoms with van der Waals surface area (Å²) < 4.78 is 4.75. The fourth-order valence-electron chi connectivity index (χ4n) is 2.21. The fraction of sp³-hybridized carbons (Fsp3) is 0.333. The van der Waals surface area contributed by atoms with E-state index < -0.39 is 5.97 Å². The first kappa shape index (κ1) is 18.4. The van der Waals surface area contributed by atoms with E-state index in [4.69, 9.17) is 4.74 Å². The first-order valence-electron chi connectivity index (χ1n) is 8.22. The number of aromatic nitrogens is 2. The number of nitrogens with one attached hydrogen (secondary N) is 2. The maximum absolute atomic E-state index is 12.0. The Morgan fingerprint density at radius 1 is 1.08 bits per heavy atom. The van der Waals surface area contributed by atoms with Crippen LogP contribution in [0.25, 0.3) is 0 Å². The highest BCUT2D eigenvalue weighted by molar-refractivity contribution is 5.96. The molecule has 1 aromatic heterocycles. The average Bonchev–Trinajstić information content (AvgIpc) is 2.65. The summed E-state index contributed by atoms with van der Waals surface area (Å²) in [6.07, 6.45) is 3.12. The molecule has 0 unspecified atom stereocenters. The Morgan fingerprint density at radius 2 is 1.88 bits per heavy atom. The molecule has 0 aliphatic carbocycles. The highest BCUT2D eigenvalue weighted by Gasteiger charge is 2.12. The molecule has 7 nitrogen and oxygen atoms in total. The summed E-state index contributed by atoms with van der Waals surface area (Å²) in [5, 5.41) is 13.7. The zero-order valence-electron chi connectivity index (χ0n) is 14.4. The Bertz CT molecular complexity index is 717. The van der Waals surface area contributed by atoms with Gasteiger partial charge in [-0.1, -0.05) is 31.9 Å². The van der Waals surface area contributed by atoms with Gasteiger partial charge in [0.2, 0.25) is 0 Å². The molecule has 1 aromatic carbocycles. The number of esters is 1. The van der Waals surface area contributed by atoms with Crippen molar-refractivity contribution < 1.29 is 14.3 Å². The molecule has 0 atom stereocenters. The largest absolute Gasteiger partial charge is 0.465 e. The Morgan fingerprint density at radius 3 is 2.56 bits per heavy atom. The van der Waals surface area contributed by atoms with Crippen molar-refractivity contribution in [3.63, 3.8) is 0 Å². The van der Waals surface area contributed by atoms with E-state index in [1.54, 1.807) is 36.4 Å². The van der Waals surface area contributed by atoms with Crippen LogP contribution in [-0.2, 0) is 4.74 Å². The number of benzene rings is 1. The van der Waals surface area contributed by atoms with Crippen molar-refractivity contribution in [1.29, 1.82) is 0 Å². The highest BCUT2D eigenvalue weighted by atomic mass is 16.5. The Labute approximate surface area is 146 Å². The van der Waals surface area contributed by atoms with Crippen molar-refractivity contribution in [2.24, 2.45) is 0 Å². The number of carbonyl (C=O) groups is 2. The molecule has 2 rings (SSSR count). The minimum atomic E-state index is -0.445. The van der Waals surface area contributed by atoms with Gasteiger partial charge in [-0.25, -0.2) is 4.79 Å². The van der Waals surface area contributed by atoms with Crippen molar-refractivity contribution in [3.8, 4) is 0 Å². The predicted molar refractivity (Wildman–Crippen MR) is 95.0 cm³/mol. The third-order valence-electron chi connectivity index (χ3n) is 3.56. The smallest absolute Gasteiger partial charge is 0.339 e. The molecule has 0 bridgehead atoms. The molecular formula is C18H22N4O3. The Hall–Kier alpha value is -2.96. The highest BCUT2D eigenvalue weighted by Crippen LogP contribution is 2.20. The first-order chi connectivity index (χ1) is 12.2. The molecule has 7 heteroatoms. The molecule has 1 heterocycles. The van der Waals surface area contributed by atoms with Gasteiger partial charge < -0.3 is 15.4 Å². The number of anilines is 2. The lowest BCUT2D eigenvalue weighted by atomic mass is 10.2. The second-order valence-corrected chi connectivity index (χ2v) is 5.43. The molecule has 2 aromatic rings. The van der Waals surface area contributed by atoms with Crippen LogP contribution in [-0.4, -0.2) is 35.7 Å². The van der Waals surface area contributed by atoms with Gasteiger partial charge in [-0.15, -0.1) is 10.2 Å². The summed E-state index contributed by atoms with van der Waals surface area (Å²) in [5.41, 5.74) is 1.20. The van der Waals surface area contributed by atoms with Gasteiger partial charge in [0.05, 0.1) is 18.4 Å². The number of nitrogens with zero attached hydrogens (tertiary/aromatic N) is 2. The van der Waals surface area contributed by atoms with E-state index in [-0.39, 0.29) is 11.6 Å². The van der Waals surface area contributed by atoms with Crippen molar-refractivity contribution in [1.82, 2.24) is 15.5 Å². The molecule has 0 aliphatic heterocycles. The molecule has 1 amide bonds. The molecule has 132 valence electrons. The van der Waals surface area contributed by atoms with Crippen LogP contribution in [0.1, 0.15) is 47.0 Å². The van der Waals surface area contributed by atoms with E-state index in [1.165, 1.54) is 7.11 Å². The van der Waals surface area contributed by atoms with Crippen LogP contribution in [0.5, 0.6) is 0 Å². The molecule has 0 spiro atoms. The molecule has 0 saturated heterocycles. The first-order valence-corrected chi connectivity index (χ1v) is 8.22. The van der Waals surface area contributed by atoms with E-state index in [1.807, 2.05) is 0 Å². The molecule has 2 N–H and O–H groups in total. The number of carbonyl (C=O) groups excluding carboxylic acids is 2. The van der Waals surface area contributed by atoms with E-state index >= 15 is 0 Å². The SMILES string of the molecule is CCCCCNC(=O)c1ccc(Nc2ccccc2C(=O)OC)nn1. The molecule has 0 aliphatic rings. The van der Waals surface area contributed by atoms with Gasteiger partial charge >= 0.3 is 5.97 Å². The van der Waals surface area contributed by atoms with E-state index in [0.29, 0.717) is 23.6 Å². The zero-order chi connectivity index (χ0) is 18.1. The Balaban J connectivity index is 2.01. The molecule has 0 fully saturated rings. The standard InChI is InChI=1S/C18H22N4O3/c1-3-4-7-12-19-17(23)15-10-11-16(22-21-15)20-14-9-6-5-8-13(14)18(24)25-2/h5-6,8-11H,3-4,7,12H2,1-2H3,(H,19,23)(H,20,22). The molecular weight excluding hydrogens is 320 g/mol. The van der Waals surface area contributed by atoms with Gasteiger partial charge in [-0.3, -0.25) is 4.79 Å². The number of hydrogen-bond donors (Lipinski definition) is 2. The number of hydrogen-bond acceptors (Lipinski definition) is 6. The summed E-state index contributed by atoms with van der Waals surface area (Å²) in [6.45, 7) is 2.73. The number of para-hydroxylation sites is 1. The number of ether oxygens (including phenoxy) is 1. The van der Waals surface area contributed by atoms with Gasteiger partial charge in [-0.2, -0.15) is 0 Å². The van der Waals surface area contributed by atoms with Crippen LogP contribution >= 0.6 is 0 Å². The zero-order valence-corrected chi connectivity index (χ0v) is 14.4. The van der Waals surface area contributed by atoms with Crippen LogP contribution in [0.2, 0.25) is 0 Å². The van der Waals surface area contributed by atoms with Crippen molar-refractivity contribution in [2.45, 2.75) is 26.2 Å². The quantitative estimate of drug-likeness (QED) is 0.566. The van der Waals surface area contributed by atoms with E-state index in [0.717, 1.165) is 19.3 Å². The van der Waals surface area contributed by atoms with Gasteiger partial charge in [0.1, 0.15) is 0 Å². The predicted octanol–water partition coefficient (Wildman–Crippen LogP) is 2.93. The maximum atomic E-state index is 12.0. The van der Waals surface area contributed by atoms with Crippen LogP contribution in [0.15, 0.2) is 36.4 Å². The summed E-state index contributed by atoms with van der Waals surface area (Å²) in [7, 11) is 1.33. The molecule has 0 saturated carbocycles. The van der Waals surface area contributed by atoms with Crippen molar-refractivity contribution >= 4 is 23.4 Å². The molecule has 25 heavy (non-hydrogen) atoms. The number of methoxy groups -OCH3 is 1. The third-order valence-corrected chi connectivity index (χ3v) is 3.56. The monoisotopic (exact) mass is 342 g/mol. The van der Waals surface area contributed by atoms with Crippen LogP contribution < -0.4 is 10.6 Å². The van der Waals surface area contributed by atoms with Gasteiger partial charge in [0.15, 0.2) is 11.5 Å². The second-order valence-electron chi connectivity index (χ2n) is 5.43. The van der Waals surface area contributed by atoms with Crippen molar-refractivity contribution in [2.75, 3.05) is 19.0 Å². The van der Waals surface area contributed by atoms with E-state index in [9.17, 15) is 9.59 Å². The van der Waals surface area contributed by atoms with E-state index in [2.05, 4.69) is 27.8 Å². The topological polar surface area (TPSA) is 93.2 Å². The lowest BCUT2D eigenvalue weighted by molar-refractivity contribution is 0.0601. The normalized spacial score (nSPS) is 10.2. The summed E-state index contributed by atoms with van der Waals surface area (Å²) in [4.78, 5) is 23.7. The lowest BCUT2D eigenvalue weighted by Crippen LogP contribution is -2.25. The number of rotatable bonds is 8. The molecule has 0 radical (unpaired) electrons. The summed E-state index contributed by atoms with van der Waals surface area (Å²) >= 11 is 0. The average molecular weight is 342 g/mol. The second kappa shape index (κ2) is 9.36. The minimum Gasteiger partial charge on any atom is -0.465 e. The van der Waals surface area contributed by atoms with Gasteiger partial charge in [-0.05, 0) is 30.7 Å². The van der Waals surface area contributed by atoms with Crippen LogP contribution in [0.4, 0.5) is 11.5 Å². The number of unbranched alkanes of at least 4 members (excludes halogenated alkanes) is 2. The third kappa shape index (κ3) is 5.27. The van der Waals surface area contributed by atoms with Crippen LogP contribution in [0, 0.1) is 0 Å². The lowest BCUT2D eigenvalue weighted by Gasteiger charge is -2.10. The fourth-order valence-corrected chi connectivity index (χ4v) is 2.21. The Kier molecular flexibility index (Phi) is 6.88. The summed E-state index contributed by atoms with van der Waals surface area (Å²) in [5.74, 6) is -0.261. The minimum absolute atomic E-state index is 0.245. The summed E-state index contributed by atoms with van der Waals surface area (Å²) in [6, 6.07) is 10.2. The van der Waals surface area contributed by atoms with Gasteiger partial charge in [0, 0.05) is 6.54 Å². The van der Waals surface area contributed by atoms with Gasteiger partial charge in [0.25, 0.3) is 5.91 Å². The maximum Gasteiger partial charge on any atom is 0.339 e. The van der Waals surface area contributed by atoms with Crippen molar-refractivity contribution in [3.05, 3.63) is 47.7 Å². The van der Waals surface area contributed by atoms with Crippen LogP contribution in [0.3, 0.4) is 0 Å². The number of amides is 1.